The van der Waals surface area contributed by atoms with Gasteiger partial charge in [-0.2, -0.15) is 0 Å². The predicted octanol–water partition coefficient (Wildman–Crippen LogP) is 4.63. The van der Waals surface area contributed by atoms with Crippen molar-refractivity contribution in [2.45, 2.75) is 0 Å². The molecule has 1 N–H and O–H groups in total. The molecular formula is C13H7BrClF2NO. The highest BCUT2D eigenvalue weighted by Crippen LogP contribution is 2.26. The summed E-state index contributed by atoms with van der Waals surface area (Å²) in [5.74, 6) is -2.69. The van der Waals surface area contributed by atoms with Crippen LogP contribution < -0.4 is 5.32 Å². The van der Waals surface area contributed by atoms with Crippen LogP contribution in [0.4, 0.5) is 14.5 Å². The SMILES string of the molecule is O=C(Nc1ccc(Cl)cc1Br)c1c(F)cccc1F. The van der Waals surface area contributed by atoms with E-state index in [4.69, 9.17) is 11.6 Å². The van der Waals surface area contributed by atoms with Crippen molar-refractivity contribution >= 4 is 39.1 Å². The number of rotatable bonds is 2. The van der Waals surface area contributed by atoms with E-state index in [2.05, 4.69) is 21.2 Å². The molecule has 0 atom stereocenters. The summed E-state index contributed by atoms with van der Waals surface area (Å²) in [5, 5.41) is 2.88. The maximum Gasteiger partial charge on any atom is 0.261 e. The zero-order chi connectivity index (χ0) is 14.0. The Morgan fingerprint density at radius 2 is 1.79 bits per heavy atom. The smallest absolute Gasteiger partial charge is 0.261 e. The first-order valence-electron chi connectivity index (χ1n) is 5.19. The van der Waals surface area contributed by atoms with Crippen molar-refractivity contribution in [3.8, 4) is 0 Å². The first kappa shape index (κ1) is 14.0. The topological polar surface area (TPSA) is 29.1 Å². The van der Waals surface area contributed by atoms with Crippen molar-refractivity contribution in [1.82, 2.24) is 0 Å². The van der Waals surface area contributed by atoms with E-state index in [0.29, 0.717) is 15.2 Å². The summed E-state index contributed by atoms with van der Waals surface area (Å²) in [4.78, 5) is 11.8. The third-order valence-corrected chi connectivity index (χ3v) is 3.26. The minimum Gasteiger partial charge on any atom is -0.321 e. The molecule has 2 nitrogen and oxygen atoms in total. The highest BCUT2D eigenvalue weighted by Gasteiger charge is 2.17. The number of anilines is 1. The molecule has 0 aliphatic carbocycles. The van der Waals surface area contributed by atoms with Crippen molar-refractivity contribution in [2.75, 3.05) is 5.32 Å². The Hall–Kier alpha value is -1.46. The normalized spacial score (nSPS) is 10.3. The molecule has 1 amide bonds. The summed E-state index contributed by atoms with van der Waals surface area (Å²) < 4.78 is 27.4. The van der Waals surface area contributed by atoms with Gasteiger partial charge in [0.05, 0.1) is 5.69 Å². The van der Waals surface area contributed by atoms with E-state index in [-0.39, 0.29) is 0 Å². The summed E-state index contributed by atoms with van der Waals surface area (Å²) in [6, 6.07) is 7.89. The average molecular weight is 347 g/mol. The molecule has 0 aromatic heterocycles. The van der Waals surface area contributed by atoms with E-state index in [0.717, 1.165) is 12.1 Å². The minimum atomic E-state index is -0.914. The summed E-state index contributed by atoms with van der Waals surface area (Å²) >= 11 is 8.96. The molecule has 6 heteroatoms. The molecule has 2 aromatic carbocycles. The van der Waals surface area contributed by atoms with Crippen LogP contribution in [-0.4, -0.2) is 5.91 Å². The molecule has 0 radical (unpaired) electrons. The molecule has 98 valence electrons. The van der Waals surface area contributed by atoms with Crippen molar-refractivity contribution < 1.29 is 13.6 Å². The summed E-state index contributed by atoms with van der Waals surface area (Å²) in [6.07, 6.45) is 0. The second kappa shape index (κ2) is 5.67. The van der Waals surface area contributed by atoms with E-state index in [1.807, 2.05) is 0 Å². The first-order chi connectivity index (χ1) is 8.99. The molecule has 19 heavy (non-hydrogen) atoms. The molecule has 0 saturated carbocycles. The van der Waals surface area contributed by atoms with Gasteiger partial charge in [-0.25, -0.2) is 8.78 Å². The van der Waals surface area contributed by atoms with Gasteiger partial charge in [-0.05, 0) is 46.3 Å². The largest absolute Gasteiger partial charge is 0.321 e. The molecule has 0 saturated heterocycles. The number of carbonyl (C=O) groups is 1. The van der Waals surface area contributed by atoms with Crippen LogP contribution in [0.1, 0.15) is 10.4 Å². The number of nitrogens with one attached hydrogen (secondary N) is 1. The molecular weight excluding hydrogens is 340 g/mol. The Labute approximate surface area is 121 Å². The van der Waals surface area contributed by atoms with E-state index in [9.17, 15) is 13.6 Å². The van der Waals surface area contributed by atoms with E-state index >= 15 is 0 Å². The molecule has 0 unspecified atom stereocenters. The fourth-order valence-corrected chi connectivity index (χ4v) is 2.27. The van der Waals surface area contributed by atoms with Gasteiger partial charge in [0, 0.05) is 9.50 Å². The lowest BCUT2D eigenvalue weighted by Crippen LogP contribution is -2.16. The zero-order valence-electron chi connectivity index (χ0n) is 9.38. The minimum absolute atomic E-state index is 0.372. The maximum absolute atomic E-state index is 13.4. The quantitative estimate of drug-likeness (QED) is 0.844. The van der Waals surface area contributed by atoms with Crippen molar-refractivity contribution in [1.29, 1.82) is 0 Å². The van der Waals surface area contributed by atoms with Crippen LogP contribution in [0.2, 0.25) is 5.02 Å². The number of halogens is 4. The molecule has 0 fully saturated rings. The van der Waals surface area contributed by atoms with Crippen molar-refractivity contribution in [3.63, 3.8) is 0 Å². The number of benzene rings is 2. The van der Waals surface area contributed by atoms with Gasteiger partial charge >= 0.3 is 0 Å². The maximum atomic E-state index is 13.4. The lowest BCUT2D eigenvalue weighted by Gasteiger charge is -2.09. The molecule has 0 aliphatic rings. The molecule has 2 rings (SSSR count). The van der Waals surface area contributed by atoms with Gasteiger partial charge in [0.1, 0.15) is 17.2 Å². The van der Waals surface area contributed by atoms with Gasteiger partial charge in [0.15, 0.2) is 0 Å². The van der Waals surface area contributed by atoms with Crippen LogP contribution in [0.15, 0.2) is 40.9 Å². The number of carbonyl (C=O) groups excluding carboxylic acids is 1. The lowest BCUT2D eigenvalue weighted by atomic mass is 10.2. The van der Waals surface area contributed by atoms with Crippen molar-refractivity contribution in [2.24, 2.45) is 0 Å². The van der Waals surface area contributed by atoms with Crippen molar-refractivity contribution in [3.05, 3.63) is 63.1 Å². The van der Waals surface area contributed by atoms with Crippen LogP contribution in [0.25, 0.3) is 0 Å². The Morgan fingerprint density at radius 3 is 2.37 bits per heavy atom. The fourth-order valence-electron chi connectivity index (χ4n) is 1.49. The van der Waals surface area contributed by atoms with E-state index in [1.165, 1.54) is 12.1 Å². The number of hydrogen-bond donors (Lipinski definition) is 1. The van der Waals surface area contributed by atoms with Gasteiger partial charge in [-0.1, -0.05) is 17.7 Å². The molecule has 0 aliphatic heterocycles. The zero-order valence-corrected chi connectivity index (χ0v) is 11.7. The fraction of sp³-hybridized carbons (Fsp3) is 0. The Morgan fingerprint density at radius 1 is 1.16 bits per heavy atom. The second-order valence-electron chi connectivity index (χ2n) is 3.67. The highest BCUT2D eigenvalue weighted by molar-refractivity contribution is 9.10. The average Bonchev–Trinajstić information content (AvgIpc) is 2.32. The Kier molecular flexibility index (Phi) is 4.17. The highest BCUT2D eigenvalue weighted by atomic mass is 79.9. The Bertz CT molecular complexity index is 628. The van der Waals surface area contributed by atoms with Crippen LogP contribution in [-0.2, 0) is 0 Å². The van der Waals surface area contributed by atoms with Gasteiger partial charge in [-0.3, -0.25) is 4.79 Å². The summed E-state index contributed by atoms with van der Waals surface area (Å²) in [6.45, 7) is 0. The second-order valence-corrected chi connectivity index (χ2v) is 4.97. The van der Waals surface area contributed by atoms with Crippen LogP contribution in [0.5, 0.6) is 0 Å². The molecule has 2 aromatic rings. The summed E-state index contributed by atoms with van der Waals surface area (Å²) in [5.41, 5.74) is -0.249. The van der Waals surface area contributed by atoms with Crippen LogP contribution >= 0.6 is 27.5 Å². The number of hydrogen-bond acceptors (Lipinski definition) is 1. The molecule has 0 spiro atoms. The predicted molar refractivity (Wildman–Crippen MR) is 73.5 cm³/mol. The molecule has 0 heterocycles. The molecule has 0 bridgehead atoms. The van der Waals surface area contributed by atoms with Crippen LogP contribution in [0, 0.1) is 11.6 Å². The first-order valence-corrected chi connectivity index (χ1v) is 6.36. The van der Waals surface area contributed by atoms with E-state index in [1.54, 1.807) is 12.1 Å². The van der Waals surface area contributed by atoms with Gasteiger partial charge in [0.2, 0.25) is 0 Å². The van der Waals surface area contributed by atoms with Crippen LogP contribution in [0.3, 0.4) is 0 Å². The van der Waals surface area contributed by atoms with Gasteiger partial charge < -0.3 is 5.32 Å². The standard InChI is InChI=1S/C13H7BrClF2NO/c14-8-6-7(15)4-5-11(8)18-13(19)12-9(16)2-1-3-10(12)17/h1-6H,(H,18,19). The van der Waals surface area contributed by atoms with Gasteiger partial charge in [-0.15, -0.1) is 0 Å². The summed E-state index contributed by atoms with van der Waals surface area (Å²) in [7, 11) is 0. The monoisotopic (exact) mass is 345 g/mol. The number of amides is 1. The third kappa shape index (κ3) is 3.11. The lowest BCUT2D eigenvalue weighted by molar-refractivity contribution is 0.101. The van der Waals surface area contributed by atoms with E-state index < -0.39 is 23.1 Å². The third-order valence-electron chi connectivity index (χ3n) is 2.37. The van der Waals surface area contributed by atoms with Gasteiger partial charge in [0.25, 0.3) is 5.91 Å². The Balaban J connectivity index is 2.31.